The molecule has 1 saturated carbocycles. The van der Waals surface area contributed by atoms with Gasteiger partial charge >= 0.3 is 0 Å². The van der Waals surface area contributed by atoms with Crippen LogP contribution in [0, 0.1) is 17.0 Å². The first-order valence-electron chi connectivity index (χ1n) is 12.3. The Morgan fingerprint density at radius 3 is 2.55 bits per heavy atom. The fourth-order valence-corrected chi connectivity index (χ4v) is 5.89. The molecule has 204 valence electrons. The Morgan fingerprint density at radius 1 is 1.11 bits per heavy atom. The Bertz CT molecular complexity index is 1310. The molecule has 11 nitrogen and oxygen atoms in total. The molecule has 0 radical (unpaired) electrons. The van der Waals surface area contributed by atoms with Crippen LogP contribution >= 0.6 is 11.6 Å². The minimum absolute atomic E-state index is 0.0433. The molecule has 5 atom stereocenters. The molecular formula is C24H27ClF2N6O5. The summed E-state index contributed by atoms with van der Waals surface area (Å²) in [5.74, 6) is -2.34. The predicted octanol–water partition coefficient (Wildman–Crippen LogP) is 1.74. The number of ether oxygens (including phenoxy) is 3. The number of hydrogen-bond acceptors (Lipinski definition) is 9. The van der Waals surface area contributed by atoms with E-state index in [1.165, 1.54) is 30.1 Å². The number of nitrogens with zero attached hydrogens (tertiary/aromatic N) is 6. The van der Waals surface area contributed by atoms with Gasteiger partial charge in [0.05, 0.1) is 48.9 Å². The summed E-state index contributed by atoms with van der Waals surface area (Å²) in [7, 11) is 1.47. The van der Waals surface area contributed by atoms with Crippen molar-refractivity contribution < 1.29 is 33.2 Å². The second-order valence-corrected chi connectivity index (χ2v) is 10.7. The van der Waals surface area contributed by atoms with Crippen LogP contribution in [0.2, 0.25) is 5.02 Å². The van der Waals surface area contributed by atoms with Gasteiger partial charge in [-0.3, -0.25) is 0 Å². The zero-order chi connectivity index (χ0) is 26.6. The first-order valence-corrected chi connectivity index (χ1v) is 12.7. The Kier molecular flexibility index (Phi) is 6.69. The van der Waals surface area contributed by atoms with E-state index >= 15 is 0 Å². The Morgan fingerprint density at radius 2 is 1.87 bits per heavy atom. The van der Waals surface area contributed by atoms with E-state index in [1.54, 1.807) is 0 Å². The van der Waals surface area contributed by atoms with Crippen LogP contribution in [0.3, 0.4) is 0 Å². The third-order valence-corrected chi connectivity index (χ3v) is 8.15. The summed E-state index contributed by atoms with van der Waals surface area (Å²) in [6, 6.07) is 1.95. The number of aliphatic hydroxyl groups excluding tert-OH is 2. The number of aliphatic hydroxyl groups is 2. The number of rotatable bonds is 7. The molecule has 3 aliphatic rings. The molecule has 6 rings (SSSR count). The lowest BCUT2D eigenvalue weighted by Gasteiger charge is -2.52. The number of benzene rings is 1. The summed E-state index contributed by atoms with van der Waals surface area (Å²) >= 11 is 5.66. The molecule has 38 heavy (non-hydrogen) atoms. The van der Waals surface area contributed by atoms with Gasteiger partial charge in [0, 0.05) is 30.7 Å². The normalized spacial score (nSPS) is 28.8. The van der Waals surface area contributed by atoms with E-state index in [0.29, 0.717) is 17.5 Å². The largest absolute Gasteiger partial charge is 0.394 e. The molecule has 3 fully saturated rings. The molecule has 1 aliphatic carbocycles. The fourth-order valence-electron chi connectivity index (χ4n) is 5.74. The molecule has 3 aromatic rings. The molecule has 2 aliphatic heterocycles. The fraction of sp³-hybridized carbons (Fsp3) is 0.583. The smallest absolute Gasteiger partial charge is 0.178 e. The van der Waals surface area contributed by atoms with Crippen molar-refractivity contribution >= 4 is 11.6 Å². The first-order chi connectivity index (χ1) is 18.3. The van der Waals surface area contributed by atoms with Crippen molar-refractivity contribution in [1.29, 1.82) is 0 Å². The van der Waals surface area contributed by atoms with Gasteiger partial charge in [-0.05, 0) is 25.0 Å². The molecule has 0 unspecified atom stereocenters. The summed E-state index contributed by atoms with van der Waals surface area (Å²) in [5, 5.41) is 37.2. The standard InChI is InChI=1S/C24H27ClF2N6O5/c1-36-23-17(4-12-7-32(30-28-12)13-5-24(6-13)10-37-11-24)38-18(9-34)22(35)21(23)33-8-16(29-31-33)14-2-3-15(25)20(27)19(14)26/h2-3,7-8,13,17-18,21-23,34-35H,4-6,9-11H2,1H3/t17-,18-,21+,22+,23+/m1/s1. The van der Waals surface area contributed by atoms with Gasteiger partial charge in [-0.1, -0.05) is 22.0 Å². The number of aromatic nitrogens is 6. The van der Waals surface area contributed by atoms with Crippen molar-refractivity contribution in [3.8, 4) is 11.3 Å². The maximum atomic E-state index is 14.5. The van der Waals surface area contributed by atoms with Crippen LogP contribution in [0.15, 0.2) is 24.5 Å². The van der Waals surface area contributed by atoms with Gasteiger partial charge < -0.3 is 24.4 Å². The molecular weight excluding hydrogens is 526 g/mol. The SMILES string of the molecule is CO[C@@H]1[C@@H](n2cc(-c3ccc(Cl)c(F)c3F)nn2)[C@@H](O)[C@@H](CO)O[C@@H]1Cc1cn(C2CC3(COC3)C2)nn1. The highest BCUT2D eigenvalue weighted by molar-refractivity contribution is 6.30. The monoisotopic (exact) mass is 552 g/mol. The second kappa shape index (κ2) is 9.88. The molecule has 1 aromatic carbocycles. The van der Waals surface area contributed by atoms with Crippen molar-refractivity contribution in [2.24, 2.45) is 5.41 Å². The van der Waals surface area contributed by atoms with Crippen LogP contribution in [0.25, 0.3) is 11.3 Å². The van der Waals surface area contributed by atoms with Gasteiger partial charge in [0.15, 0.2) is 11.6 Å². The molecule has 2 saturated heterocycles. The number of methoxy groups -OCH3 is 1. The average Bonchev–Trinajstić information content (AvgIpc) is 3.51. The molecule has 2 N–H and O–H groups in total. The van der Waals surface area contributed by atoms with Gasteiger partial charge in [-0.25, -0.2) is 18.1 Å². The lowest BCUT2D eigenvalue weighted by Crippen LogP contribution is -2.57. The Labute approximate surface area is 221 Å². The summed E-state index contributed by atoms with van der Waals surface area (Å²) < 4.78 is 48.8. The molecule has 1 spiro atoms. The molecule has 14 heteroatoms. The number of hydrogen-bond donors (Lipinski definition) is 2. The highest BCUT2D eigenvalue weighted by Gasteiger charge is 2.51. The predicted molar refractivity (Wildman–Crippen MR) is 127 cm³/mol. The van der Waals surface area contributed by atoms with Crippen LogP contribution in [0.1, 0.15) is 30.6 Å². The van der Waals surface area contributed by atoms with Crippen LogP contribution in [0.4, 0.5) is 8.78 Å². The Balaban J connectivity index is 1.23. The quantitative estimate of drug-likeness (QED) is 0.421. The van der Waals surface area contributed by atoms with E-state index in [2.05, 4.69) is 20.6 Å². The van der Waals surface area contributed by atoms with E-state index in [1.807, 2.05) is 10.9 Å². The van der Waals surface area contributed by atoms with Crippen LogP contribution in [-0.2, 0) is 20.6 Å². The van der Waals surface area contributed by atoms with E-state index in [0.717, 1.165) is 26.1 Å². The van der Waals surface area contributed by atoms with Gasteiger partial charge in [0.2, 0.25) is 0 Å². The highest BCUT2D eigenvalue weighted by atomic mass is 35.5. The zero-order valence-electron chi connectivity index (χ0n) is 20.5. The van der Waals surface area contributed by atoms with Gasteiger partial charge in [-0.2, -0.15) is 0 Å². The van der Waals surface area contributed by atoms with Crippen molar-refractivity contribution in [2.45, 2.75) is 55.8 Å². The van der Waals surface area contributed by atoms with Crippen LogP contribution in [0.5, 0.6) is 0 Å². The first kappa shape index (κ1) is 25.7. The molecule has 0 bridgehead atoms. The minimum atomic E-state index is -1.23. The topological polar surface area (TPSA) is 130 Å². The molecule has 4 heterocycles. The summed E-state index contributed by atoms with van der Waals surface area (Å²) in [5.41, 5.74) is 0.876. The van der Waals surface area contributed by atoms with E-state index in [9.17, 15) is 19.0 Å². The van der Waals surface area contributed by atoms with E-state index in [4.69, 9.17) is 25.8 Å². The number of halogens is 3. The van der Waals surface area contributed by atoms with Gasteiger partial charge in [0.25, 0.3) is 0 Å². The van der Waals surface area contributed by atoms with E-state index in [-0.39, 0.29) is 22.3 Å². The third-order valence-electron chi connectivity index (χ3n) is 7.86. The van der Waals surface area contributed by atoms with Gasteiger partial charge in [0.1, 0.15) is 30.0 Å². The summed E-state index contributed by atoms with van der Waals surface area (Å²) in [6.45, 7) is 1.14. The van der Waals surface area contributed by atoms with Crippen molar-refractivity contribution in [2.75, 3.05) is 26.9 Å². The molecule has 2 aromatic heterocycles. The maximum absolute atomic E-state index is 14.5. The average molecular weight is 553 g/mol. The third kappa shape index (κ3) is 4.31. The lowest BCUT2D eigenvalue weighted by atomic mass is 9.64. The lowest BCUT2D eigenvalue weighted by molar-refractivity contribution is -0.212. The Hall–Kier alpha value is -2.55. The van der Waals surface area contributed by atoms with Crippen molar-refractivity contribution in [3.63, 3.8) is 0 Å². The maximum Gasteiger partial charge on any atom is 0.178 e. The van der Waals surface area contributed by atoms with Crippen molar-refractivity contribution in [3.05, 3.63) is 46.9 Å². The van der Waals surface area contributed by atoms with Crippen LogP contribution < -0.4 is 0 Å². The van der Waals surface area contributed by atoms with E-state index < -0.39 is 48.7 Å². The second-order valence-electron chi connectivity index (χ2n) is 10.3. The summed E-state index contributed by atoms with van der Waals surface area (Å²) in [6.07, 6.45) is 2.04. The van der Waals surface area contributed by atoms with Gasteiger partial charge in [-0.15, -0.1) is 10.2 Å². The summed E-state index contributed by atoms with van der Waals surface area (Å²) in [4.78, 5) is 0. The minimum Gasteiger partial charge on any atom is -0.394 e. The highest BCUT2D eigenvalue weighted by Crippen LogP contribution is 2.52. The van der Waals surface area contributed by atoms with Crippen molar-refractivity contribution in [1.82, 2.24) is 30.0 Å². The zero-order valence-corrected chi connectivity index (χ0v) is 21.2. The van der Waals surface area contributed by atoms with Crippen LogP contribution in [-0.4, -0.2) is 91.5 Å². The molecule has 0 amide bonds.